The van der Waals surface area contributed by atoms with Gasteiger partial charge < -0.3 is 5.32 Å². The van der Waals surface area contributed by atoms with Crippen LogP contribution in [0.25, 0.3) is 6.08 Å². The summed E-state index contributed by atoms with van der Waals surface area (Å²) >= 11 is 0. The fourth-order valence-electron chi connectivity index (χ4n) is 2.18. The summed E-state index contributed by atoms with van der Waals surface area (Å²) in [6.45, 7) is 1.78. The quantitative estimate of drug-likeness (QED) is 0.656. The second-order valence-corrected chi connectivity index (χ2v) is 5.40. The fraction of sp³-hybridized carbons (Fsp3) is 0.158. The first-order valence-corrected chi connectivity index (χ1v) is 7.46. The Balaban J connectivity index is 2.14. The number of amides is 1. The Labute approximate surface area is 143 Å². The molecule has 0 aliphatic heterocycles. The molecule has 0 heterocycles. The van der Waals surface area contributed by atoms with E-state index in [1.54, 1.807) is 13.0 Å². The molecule has 128 valence electrons. The van der Waals surface area contributed by atoms with E-state index >= 15 is 0 Å². The predicted molar refractivity (Wildman–Crippen MR) is 88.0 cm³/mol. The van der Waals surface area contributed by atoms with Gasteiger partial charge in [-0.3, -0.25) is 4.79 Å². The second-order valence-electron chi connectivity index (χ2n) is 5.40. The largest absolute Gasteiger partial charge is 0.416 e. The van der Waals surface area contributed by atoms with Crippen LogP contribution < -0.4 is 5.32 Å². The Bertz CT molecular complexity index is 803. The maximum absolute atomic E-state index is 12.5. The van der Waals surface area contributed by atoms with Crippen molar-refractivity contribution in [3.05, 3.63) is 76.9 Å². The maximum atomic E-state index is 12.5. The highest BCUT2D eigenvalue weighted by Gasteiger charge is 2.29. The molecule has 0 spiro atoms. The van der Waals surface area contributed by atoms with Gasteiger partial charge in [0.15, 0.2) is 0 Å². The van der Waals surface area contributed by atoms with Crippen molar-refractivity contribution >= 4 is 12.0 Å². The van der Waals surface area contributed by atoms with Crippen LogP contribution >= 0.6 is 0 Å². The average molecular weight is 344 g/mol. The van der Waals surface area contributed by atoms with Gasteiger partial charge in [-0.05, 0) is 36.3 Å². The summed E-state index contributed by atoms with van der Waals surface area (Å²) in [5.74, 6) is -0.584. The number of nitriles is 1. The third kappa shape index (κ3) is 4.95. The summed E-state index contributed by atoms with van der Waals surface area (Å²) in [5, 5.41) is 11.9. The Hall–Kier alpha value is -3.07. The van der Waals surface area contributed by atoms with Gasteiger partial charge in [-0.25, -0.2) is 0 Å². The van der Waals surface area contributed by atoms with Gasteiger partial charge in [0.2, 0.25) is 0 Å². The number of hydrogen-bond acceptors (Lipinski definition) is 2. The Morgan fingerprint density at radius 1 is 1.12 bits per heavy atom. The standard InChI is InChI=1S/C19H15F3N2O/c1-13(15-5-3-2-4-6-15)24-18(25)16(12-23)11-14-7-9-17(10-8-14)19(20,21)22/h2-11,13H,1H3,(H,24,25)/b16-11-/t13-/m1/s1. The molecule has 25 heavy (non-hydrogen) atoms. The van der Waals surface area contributed by atoms with E-state index in [0.717, 1.165) is 17.7 Å². The molecule has 0 saturated carbocycles. The number of halogens is 3. The van der Waals surface area contributed by atoms with Crippen molar-refractivity contribution < 1.29 is 18.0 Å². The van der Waals surface area contributed by atoms with Gasteiger partial charge in [-0.15, -0.1) is 0 Å². The van der Waals surface area contributed by atoms with Gasteiger partial charge in [0, 0.05) is 0 Å². The molecule has 0 aliphatic carbocycles. The molecule has 1 amide bonds. The SMILES string of the molecule is C[C@@H](NC(=O)/C(C#N)=C\c1ccc(C(F)(F)F)cc1)c1ccccc1. The topological polar surface area (TPSA) is 52.9 Å². The third-order valence-electron chi connectivity index (χ3n) is 3.56. The van der Waals surface area contributed by atoms with Crippen molar-refractivity contribution in [2.24, 2.45) is 0 Å². The molecule has 0 bridgehead atoms. The first-order valence-electron chi connectivity index (χ1n) is 7.46. The number of benzene rings is 2. The normalized spacial score (nSPS) is 13.0. The highest BCUT2D eigenvalue weighted by atomic mass is 19.4. The third-order valence-corrected chi connectivity index (χ3v) is 3.56. The maximum Gasteiger partial charge on any atom is 0.416 e. The summed E-state index contributed by atoms with van der Waals surface area (Å²) in [6.07, 6.45) is -3.17. The van der Waals surface area contributed by atoms with Crippen LogP contribution in [0, 0.1) is 11.3 Å². The summed E-state index contributed by atoms with van der Waals surface area (Å²) < 4.78 is 37.6. The van der Waals surface area contributed by atoms with E-state index in [4.69, 9.17) is 5.26 Å². The van der Waals surface area contributed by atoms with Gasteiger partial charge in [-0.2, -0.15) is 18.4 Å². The van der Waals surface area contributed by atoms with E-state index in [0.29, 0.717) is 5.56 Å². The average Bonchev–Trinajstić information content (AvgIpc) is 2.60. The van der Waals surface area contributed by atoms with E-state index < -0.39 is 17.6 Å². The molecule has 0 fully saturated rings. The summed E-state index contributed by atoms with van der Waals surface area (Å²) in [6, 6.07) is 14.9. The first-order chi connectivity index (χ1) is 11.8. The number of carbonyl (C=O) groups excluding carboxylic acids is 1. The fourth-order valence-corrected chi connectivity index (χ4v) is 2.18. The van der Waals surface area contributed by atoms with Crippen molar-refractivity contribution in [3.8, 4) is 6.07 Å². The summed E-state index contributed by atoms with van der Waals surface area (Å²) in [5.41, 5.74) is 0.252. The van der Waals surface area contributed by atoms with Crippen LogP contribution in [0.2, 0.25) is 0 Å². The smallest absolute Gasteiger partial charge is 0.345 e. The molecule has 0 unspecified atom stereocenters. The Kier molecular flexibility index (Phi) is 5.60. The zero-order valence-electron chi connectivity index (χ0n) is 13.3. The molecule has 1 atom stereocenters. The Morgan fingerprint density at radius 2 is 1.72 bits per heavy atom. The minimum atomic E-state index is -4.43. The van der Waals surface area contributed by atoms with Crippen LogP contribution in [0.3, 0.4) is 0 Å². The highest BCUT2D eigenvalue weighted by Crippen LogP contribution is 2.29. The number of hydrogen-bond donors (Lipinski definition) is 1. The van der Waals surface area contributed by atoms with Crippen LogP contribution in [0.4, 0.5) is 13.2 Å². The lowest BCUT2D eigenvalue weighted by atomic mass is 10.1. The van der Waals surface area contributed by atoms with E-state index in [1.807, 2.05) is 30.3 Å². The molecule has 0 saturated heterocycles. The van der Waals surface area contributed by atoms with E-state index in [9.17, 15) is 18.0 Å². The second kappa shape index (κ2) is 7.67. The molecule has 2 aromatic rings. The summed E-state index contributed by atoms with van der Waals surface area (Å²) in [7, 11) is 0. The number of alkyl halides is 3. The van der Waals surface area contributed by atoms with Crippen molar-refractivity contribution in [3.63, 3.8) is 0 Å². The lowest BCUT2D eigenvalue weighted by Crippen LogP contribution is -2.27. The number of nitrogens with zero attached hydrogens (tertiary/aromatic N) is 1. The van der Waals surface area contributed by atoms with Crippen molar-refractivity contribution in [1.29, 1.82) is 5.26 Å². The molecule has 2 aromatic carbocycles. The monoisotopic (exact) mass is 344 g/mol. The van der Waals surface area contributed by atoms with Crippen molar-refractivity contribution in [2.75, 3.05) is 0 Å². The minimum absolute atomic E-state index is 0.178. The molecular formula is C19H15F3N2O. The first kappa shape index (κ1) is 18.3. The van der Waals surface area contributed by atoms with Crippen molar-refractivity contribution in [2.45, 2.75) is 19.1 Å². The van der Waals surface area contributed by atoms with Gasteiger partial charge in [0.05, 0.1) is 11.6 Å². The molecule has 1 N–H and O–H groups in total. The molecule has 0 radical (unpaired) electrons. The molecule has 0 aromatic heterocycles. The van der Waals surface area contributed by atoms with Gasteiger partial charge in [-0.1, -0.05) is 42.5 Å². The molecule has 6 heteroatoms. The van der Waals surface area contributed by atoms with E-state index in [2.05, 4.69) is 5.32 Å². The minimum Gasteiger partial charge on any atom is -0.345 e. The van der Waals surface area contributed by atoms with E-state index in [-0.39, 0.29) is 11.6 Å². The van der Waals surface area contributed by atoms with Crippen LogP contribution in [-0.2, 0) is 11.0 Å². The molecule has 3 nitrogen and oxygen atoms in total. The Morgan fingerprint density at radius 3 is 2.24 bits per heavy atom. The van der Waals surface area contributed by atoms with Crippen LogP contribution in [-0.4, -0.2) is 5.91 Å². The highest BCUT2D eigenvalue weighted by molar-refractivity contribution is 6.01. The number of rotatable bonds is 4. The molecule has 0 aliphatic rings. The van der Waals surface area contributed by atoms with Gasteiger partial charge in [0.1, 0.15) is 11.6 Å². The predicted octanol–water partition coefficient (Wildman–Crippen LogP) is 4.49. The lowest BCUT2D eigenvalue weighted by molar-refractivity contribution is -0.137. The van der Waals surface area contributed by atoms with Crippen LogP contribution in [0.5, 0.6) is 0 Å². The number of carbonyl (C=O) groups is 1. The molecule has 2 rings (SSSR count). The number of nitrogens with one attached hydrogen (secondary N) is 1. The zero-order chi connectivity index (χ0) is 18.4. The lowest BCUT2D eigenvalue weighted by Gasteiger charge is -2.13. The zero-order valence-corrected chi connectivity index (χ0v) is 13.3. The van der Waals surface area contributed by atoms with Crippen LogP contribution in [0.1, 0.15) is 29.7 Å². The summed E-state index contributed by atoms with van der Waals surface area (Å²) in [4.78, 5) is 12.2. The van der Waals surface area contributed by atoms with Crippen LogP contribution in [0.15, 0.2) is 60.2 Å². The van der Waals surface area contributed by atoms with Gasteiger partial charge >= 0.3 is 6.18 Å². The van der Waals surface area contributed by atoms with E-state index in [1.165, 1.54) is 18.2 Å². The van der Waals surface area contributed by atoms with Crippen molar-refractivity contribution in [1.82, 2.24) is 5.32 Å². The van der Waals surface area contributed by atoms with Gasteiger partial charge in [0.25, 0.3) is 5.91 Å². The molecular weight excluding hydrogens is 329 g/mol.